The SMILES string of the molecule is CCOC(=O)CC(C)N1CCCc2ccccc21. The van der Waals surface area contributed by atoms with Gasteiger partial charge in [-0.3, -0.25) is 4.79 Å². The Kier molecular flexibility index (Phi) is 4.24. The molecule has 1 heterocycles. The number of nitrogens with zero attached hydrogens (tertiary/aromatic N) is 1. The molecule has 1 atom stereocenters. The van der Waals surface area contributed by atoms with Crippen molar-refractivity contribution in [3.05, 3.63) is 29.8 Å². The van der Waals surface area contributed by atoms with Gasteiger partial charge in [0.2, 0.25) is 0 Å². The summed E-state index contributed by atoms with van der Waals surface area (Å²) in [4.78, 5) is 13.9. The number of hydrogen-bond acceptors (Lipinski definition) is 3. The number of hydrogen-bond donors (Lipinski definition) is 0. The number of benzene rings is 1. The topological polar surface area (TPSA) is 29.5 Å². The average Bonchev–Trinajstić information content (AvgIpc) is 2.38. The van der Waals surface area contributed by atoms with Gasteiger partial charge in [0.15, 0.2) is 0 Å². The van der Waals surface area contributed by atoms with E-state index in [0.717, 1.165) is 19.4 Å². The quantitative estimate of drug-likeness (QED) is 0.766. The van der Waals surface area contributed by atoms with Gasteiger partial charge >= 0.3 is 5.97 Å². The van der Waals surface area contributed by atoms with Crippen molar-refractivity contribution in [1.82, 2.24) is 0 Å². The Morgan fingerprint density at radius 2 is 2.22 bits per heavy atom. The van der Waals surface area contributed by atoms with Gasteiger partial charge < -0.3 is 9.64 Å². The lowest BCUT2D eigenvalue weighted by atomic mass is 9.99. The van der Waals surface area contributed by atoms with E-state index in [-0.39, 0.29) is 12.0 Å². The van der Waals surface area contributed by atoms with E-state index < -0.39 is 0 Å². The van der Waals surface area contributed by atoms with E-state index >= 15 is 0 Å². The Hall–Kier alpha value is -1.51. The highest BCUT2D eigenvalue weighted by molar-refractivity contribution is 5.71. The van der Waals surface area contributed by atoms with Crippen LogP contribution in [-0.2, 0) is 16.0 Å². The fraction of sp³-hybridized carbons (Fsp3) is 0.533. The number of rotatable bonds is 4. The van der Waals surface area contributed by atoms with Crippen LogP contribution in [0.4, 0.5) is 5.69 Å². The van der Waals surface area contributed by atoms with Crippen LogP contribution in [0.25, 0.3) is 0 Å². The standard InChI is InChI=1S/C15H21NO2/c1-3-18-15(17)11-12(2)16-10-6-8-13-7-4-5-9-14(13)16/h4-5,7,9,12H,3,6,8,10-11H2,1-2H3. The average molecular weight is 247 g/mol. The summed E-state index contributed by atoms with van der Waals surface area (Å²) in [5, 5.41) is 0. The fourth-order valence-corrected chi connectivity index (χ4v) is 2.59. The minimum atomic E-state index is -0.104. The second-order valence-corrected chi connectivity index (χ2v) is 4.78. The summed E-state index contributed by atoms with van der Waals surface area (Å²) in [6.45, 7) is 5.43. The van der Waals surface area contributed by atoms with Gasteiger partial charge in [0, 0.05) is 18.3 Å². The number of aryl methyl sites for hydroxylation is 1. The van der Waals surface area contributed by atoms with Gasteiger partial charge in [-0.1, -0.05) is 18.2 Å². The summed E-state index contributed by atoms with van der Waals surface area (Å²) in [6.07, 6.45) is 2.76. The zero-order valence-corrected chi connectivity index (χ0v) is 11.2. The van der Waals surface area contributed by atoms with Crippen molar-refractivity contribution in [2.75, 3.05) is 18.1 Å². The third kappa shape index (κ3) is 2.84. The Morgan fingerprint density at radius 3 is 3.00 bits per heavy atom. The molecule has 0 aromatic heterocycles. The maximum atomic E-state index is 11.6. The molecule has 0 radical (unpaired) electrons. The lowest BCUT2D eigenvalue weighted by Gasteiger charge is -2.35. The molecule has 1 aliphatic heterocycles. The van der Waals surface area contributed by atoms with Crippen LogP contribution in [-0.4, -0.2) is 25.2 Å². The summed E-state index contributed by atoms with van der Waals surface area (Å²) < 4.78 is 5.03. The normalized spacial score (nSPS) is 16.0. The van der Waals surface area contributed by atoms with Crippen molar-refractivity contribution >= 4 is 11.7 Å². The summed E-state index contributed by atoms with van der Waals surface area (Å²) in [5.41, 5.74) is 2.67. The first-order valence-corrected chi connectivity index (χ1v) is 6.72. The summed E-state index contributed by atoms with van der Waals surface area (Å²) in [7, 11) is 0. The molecule has 3 nitrogen and oxygen atoms in total. The van der Waals surface area contributed by atoms with Crippen LogP contribution in [0.3, 0.4) is 0 Å². The van der Waals surface area contributed by atoms with Gasteiger partial charge in [0.1, 0.15) is 0 Å². The minimum Gasteiger partial charge on any atom is -0.466 e. The van der Waals surface area contributed by atoms with Crippen LogP contribution >= 0.6 is 0 Å². The number of carbonyl (C=O) groups is 1. The second-order valence-electron chi connectivity index (χ2n) is 4.78. The molecule has 0 saturated heterocycles. The number of fused-ring (bicyclic) bond motifs is 1. The molecule has 0 amide bonds. The molecular weight excluding hydrogens is 226 g/mol. The molecule has 0 N–H and O–H groups in total. The van der Waals surface area contributed by atoms with Crippen molar-refractivity contribution in [2.24, 2.45) is 0 Å². The predicted molar refractivity (Wildman–Crippen MR) is 72.8 cm³/mol. The van der Waals surface area contributed by atoms with Gasteiger partial charge in [0.25, 0.3) is 0 Å². The van der Waals surface area contributed by atoms with Gasteiger partial charge in [-0.25, -0.2) is 0 Å². The van der Waals surface area contributed by atoms with Crippen LogP contribution < -0.4 is 4.90 Å². The Balaban J connectivity index is 2.08. The molecule has 1 aromatic carbocycles. The second kappa shape index (κ2) is 5.89. The van der Waals surface area contributed by atoms with Gasteiger partial charge in [0.05, 0.1) is 13.0 Å². The predicted octanol–water partition coefficient (Wildman–Crippen LogP) is 2.78. The zero-order chi connectivity index (χ0) is 13.0. The fourth-order valence-electron chi connectivity index (χ4n) is 2.59. The summed E-state index contributed by atoms with van der Waals surface area (Å²) in [5.74, 6) is -0.104. The molecule has 0 bridgehead atoms. The number of para-hydroxylation sites is 1. The molecule has 0 fully saturated rings. The van der Waals surface area contributed by atoms with Crippen molar-refractivity contribution in [3.63, 3.8) is 0 Å². The lowest BCUT2D eigenvalue weighted by Crippen LogP contribution is -2.38. The first-order chi connectivity index (χ1) is 8.72. The van der Waals surface area contributed by atoms with Gasteiger partial charge in [-0.15, -0.1) is 0 Å². The molecule has 3 heteroatoms. The van der Waals surface area contributed by atoms with E-state index in [0.29, 0.717) is 13.0 Å². The van der Waals surface area contributed by atoms with Crippen molar-refractivity contribution in [3.8, 4) is 0 Å². The molecule has 0 spiro atoms. The molecule has 0 saturated carbocycles. The highest BCUT2D eigenvalue weighted by Gasteiger charge is 2.22. The monoisotopic (exact) mass is 247 g/mol. The number of anilines is 1. The Labute approximate surface area is 109 Å². The van der Waals surface area contributed by atoms with Crippen LogP contribution in [0.2, 0.25) is 0 Å². The maximum absolute atomic E-state index is 11.6. The zero-order valence-electron chi connectivity index (χ0n) is 11.2. The van der Waals surface area contributed by atoms with Crippen molar-refractivity contribution in [1.29, 1.82) is 0 Å². The molecule has 2 rings (SSSR count). The van der Waals surface area contributed by atoms with Crippen LogP contribution in [0.15, 0.2) is 24.3 Å². The molecule has 18 heavy (non-hydrogen) atoms. The number of esters is 1. The molecule has 0 aliphatic carbocycles. The van der Waals surface area contributed by atoms with E-state index in [1.54, 1.807) is 0 Å². The van der Waals surface area contributed by atoms with E-state index in [4.69, 9.17) is 4.74 Å². The van der Waals surface area contributed by atoms with Crippen LogP contribution in [0, 0.1) is 0 Å². The minimum absolute atomic E-state index is 0.104. The lowest BCUT2D eigenvalue weighted by molar-refractivity contribution is -0.143. The van der Waals surface area contributed by atoms with E-state index in [9.17, 15) is 4.79 Å². The van der Waals surface area contributed by atoms with Crippen LogP contribution in [0.1, 0.15) is 32.3 Å². The molecular formula is C15H21NO2. The summed E-state index contributed by atoms with van der Waals surface area (Å²) in [6, 6.07) is 8.67. The number of ether oxygens (including phenoxy) is 1. The van der Waals surface area contributed by atoms with Crippen molar-refractivity contribution < 1.29 is 9.53 Å². The summed E-state index contributed by atoms with van der Waals surface area (Å²) >= 11 is 0. The third-order valence-corrected chi connectivity index (χ3v) is 3.45. The third-order valence-electron chi connectivity index (χ3n) is 3.45. The van der Waals surface area contributed by atoms with Crippen molar-refractivity contribution in [2.45, 2.75) is 39.2 Å². The first kappa shape index (κ1) is 12.9. The highest BCUT2D eigenvalue weighted by Crippen LogP contribution is 2.29. The Morgan fingerprint density at radius 1 is 1.44 bits per heavy atom. The molecule has 1 aromatic rings. The van der Waals surface area contributed by atoms with E-state index in [2.05, 4.69) is 36.1 Å². The molecule has 1 aliphatic rings. The smallest absolute Gasteiger partial charge is 0.307 e. The maximum Gasteiger partial charge on any atom is 0.307 e. The number of carbonyl (C=O) groups excluding carboxylic acids is 1. The largest absolute Gasteiger partial charge is 0.466 e. The Bertz CT molecular complexity index is 417. The van der Waals surface area contributed by atoms with Gasteiger partial charge in [-0.05, 0) is 38.3 Å². The van der Waals surface area contributed by atoms with E-state index in [1.165, 1.54) is 11.3 Å². The van der Waals surface area contributed by atoms with Gasteiger partial charge in [-0.2, -0.15) is 0 Å². The molecule has 98 valence electrons. The highest BCUT2D eigenvalue weighted by atomic mass is 16.5. The van der Waals surface area contributed by atoms with Crippen LogP contribution in [0.5, 0.6) is 0 Å². The first-order valence-electron chi connectivity index (χ1n) is 6.72. The van der Waals surface area contributed by atoms with E-state index in [1.807, 2.05) is 6.92 Å². The molecule has 1 unspecified atom stereocenters.